The zero-order valence-electron chi connectivity index (χ0n) is 13.3. The lowest BCUT2D eigenvalue weighted by Gasteiger charge is -2.13. The molecular weight excluding hydrogens is 315 g/mol. The molecule has 0 spiro atoms. The Labute approximate surface area is 138 Å². The van der Waals surface area contributed by atoms with E-state index in [2.05, 4.69) is 5.16 Å². The number of ether oxygens (including phenoxy) is 1. The molecule has 0 aliphatic carbocycles. The molecule has 0 atom stereocenters. The van der Waals surface area contributed by atoms with Crippen molar-refractivity contribution in [3.05, 3.63) is 69.5 Å². The lowest BCUT2D eigenvalue weighted by Crippen LogP contribution is -2.08. The van der Waals surface area contributed by atoms with Crippen LogP contribution in [-0.4, -0.2) is 17.2 Å². The fourth-order valence-corrected chi connectivity index (χ4v) is 1.95. The van der Waals surface area contributed by atoms with Crippen LogP contribution in [0.3, 0.4) is 0 Å². The minimum Gasteiger partial charge on any atom is -0.491 e. The summed E-state index contributed by atoms with van der Waals surface area (Å²) >= 11 is 0. The Morgan fingerprint density at radius 1 is 1.29 bits per heavy atom. The van der Waals surface area contributed by atoms with Crippen molar-refractivity contribution in [1.82, 2.24) is 0 Å². The van der Waals surface area contributed by atoms with E-state index < -0.39 is 4.92 Å². The monoisotopic (exact) mass is 332 g/mol. The Bertz CT molecular complexity index is 747. The van der Waals surface area contributed by atoms with E-state index in [1.54, 1.807) is 12.1 Å². The third-order valence-corrected chi connectivity index (χ3v) is 2.96. The number of nitro groups is 1. The molecule has 2 aromatic carbocycles. The first-order valence-electron chi connectivity index (χ1n) is 7.30. The zero-order valence-corrected chi connectivity index (χ0v) is 13.3. The average molecular weight is 332 g/mol. The number of nitrogens with zero attached hydrogens (tertiary/aromatic N) is 2. The number of nitro benzene ring substituents is 1. The maximum Gasteiger partial charge on any atom is 0.270 e. The maximum atomic E-state index is 13.1. The molecule has 126 valence electrons. The van der Waals surface area contributed by atoms with Crippen LogP contribution in [0.15, 0.2) is 47.6 Å². The summed E-state index contributed by atoms with van der Waals surface area (Å²) in [6, 6.07) is 10.2. The molecule has 0 aromatic heterocycles. The van der Waals surface area contributed by atoms with Gasteiger partial charge in [-0.15, -0.1) is 0 Å². The number of hydrogen-bond acceptors (Lipinski definition) is 5. The summed E-state index contributed by atoms with van der Waals surface area (Å²) < 4.78 is 18.7. The SMILES string of the molecule is CC(C)Oc1ccc([N+](=O)[O-])cc1CO/N=C/c1cccc(F)c1. The maximum absolute atomic E-state index is 13.1. The van der Waals surface area contributed by atoms with Gasteiger partial charge in [-0.25, -0.2) is 4.39 Å². The second kappa shape index (κ2) is 8.05. The normalized spacial score (nSPS) is 11.0. The number of benzene rings is 2. The van der Waals surface area contributed by atoms with Crippen LogP contribution in [0.2, 0.25) is 0 Å². The van der Waals surface area contributed by atoms with Crippen molar-refractivity contribution < 1.29 is 18.9 Å². The van der Waals surface area contributed by atoms with E-state index in [0.717, 1.165) is 0 Å². The standard InChI is InChI=1S/C17H17FN2O4/c1-12(2)24-17-7-6-16(20(21)22)9-14(17)11-23-19-10-13-4-3-5-15(18)8-13/h3-10,12H,11H2,1-2H3/b19-10+. The topological polar surface area (TPSA) is 74.0 Å². The van der Waals surface area contributed by atoms with Crippen LogP contribution in [0.1, 0.15) is 25.0 Å². The number of hydrogen-bond donors (Lipinski definition) is 0. The van der Waals surface area contributed by atoms with Crippen LogP contribution in [0, 0.1) is 15.9 Å². The highest BCUT2D eigenvalue weighted by Crippen LogP contribution is 2.26. The van der Waals surface area contributed by atoms with Gasteiger partial charge in [-0.2, -0.15) is 0 Å². The minimum absolute atomic E-state index is 0.00442. The highest BCUT2D eigenvalue weighted by molar-refractivity contribution is 5.78. The molecule has 0 heterocycles. The molecule has 0 saturated heterocycles. The van der Waals surface area contributed by atoms with Gasteiger partial charge < -0.3 is 9.57 Å². The highest BCUT2D eigenvalue weighted by atomic mass is 19.1. The summed E-state index contributed by atoms with van der Waals surface area (Å²) in [5, 5.41) is 14.6. The van der Waals surface area contributed by atoms with Crippen LogP contribution >= 0.6 is 0 Å². The van der Waals surface area contributed by atoms with Gasteiger partial charge in [-0.1, -0.05) is 17.3 Å². The largest absolute Gasteiger partial charge is 0.491 e. The predicted molar refractivity (Wildman–Crippen MR) is 87.6 cm³/mol. The lowest BCUT2D eigenvalue weighted by atomic mass is 10.2. The lowest BCUT2D eigenvalue weighted by molar-refractivity contribution is -0.385. The molecule has 6 nitrogen and oxygen atoms in total. The van der Waals surface area contributed by atoms with Crippen molar-refractivity contribution in [1.29, 1.82) is 0 Å². The Hall–Kier alpha value is -2.96. The fraction of sp³-hybridized carbons (Fsp3) is 0.235. The van der Waals surface area contributed by atoms with Crippen LogP contribution in [0.5, 0.6) is 5.75 Å². The molecule has 0 aliphatic heterocycles. The van der Waals surface area contributed by atoms with Gasteiger partial charge in [0.1, 0.15) is 18.2 Å². The molecule has 0 saturated carbocycles. The van der Waals surface area contributed by atoms with E-state index in [1.165, 1.54) is 36.5 Å². The molecule has 0 N–H and O–H groups in total. The van der Waals surface area contributed by atoms with E-state index >= 15 is 0 Å². The molecule has 0 radical (unpaired) electrons. The summed E-state index contributed by atoms with van der Waals surface area (Å²) in [4.78, 5) is 15.6. The van der Waals surface area contributed by atoms with Crippen molar-refractivity contribution in [3.8, 4) is 5.75 Å². The number of oxime groups is 1. The summed E-state index contributed by atoms with van der Waals surface area (Å²) in [5.74, 6) is 0.127. The second-order valence-electron chi connectivity index (χ2n) is 5.28. The zero-order chi connectivity index (χ0) is 17.5. The average Bonchev–Trinajstić information content (AvgIpc) is 2.52. The van der Waals surface area contributed by atoms with Crippen molar-refractivity contribution in [2.45, 2.75) is 26.6 Å². The Morgan fingerprint density at radius 3 is 2.75 bits per heavy atom. The second-order valence-corrected chi connectivity index (χ2v) is 5.28. The molecule has 0 fully saturated rings. The van der Waals surface area contributed by atoms with Crippen LogP contribution in [0.4, 0.5) is 10.1 Å². The van der Waals surface area contributed by atoms with Crippen molar-refractivity contribution in [3.63, 3.8) is 0 Å². The van der Waals surface area contributed by atoms with Crippen molar-refractivity contribution >= 4 is 11.9 Å². The van der Waals surface area contributed by atoms with E-state index in [1.807, 2.05) is 13.8 Å². The predicted octanol–water partition coefficient (Wildman–Crippen LogP) is 4.07. The molecule has 7 heteroatoms. The number of non-ortho nitro benzene ring substituents is 1. The minimum atomic E-state index is -0.487. The molecule has 2 rings (SSSR count). The van der Waals surface area contributed by atoms with E-state index in [9.17, 15) is 14.5 Å². The van der Waals surface area contributed by atoms with E-state index in [-0.39, 0.29) is 24.2 Å². The molecule has 2 aromatic rings. The number of rotatable bonds is 7. The first-order chi connectivity index (χ1) is 11.5. The summed E-state index contributed by atoms with van der Waals surface area (Å²) in [6.07, 6.45) is 1.28. The summed E-state index contributed by atoms with van der Waals surface area (Å²) in [7, 11) is 0. The third-order valence-electron chi connectivity index (χ3n) is 2.96. The molecule has 24 heavy (non-hydrogen) atoms. The van der Waals surface area contributed by atoms with Gasteiger partial charge in [0.15, 0.2) is 0 Å². The van der Waals surface area contributed by atoms with Gasteiger partial charge in [0.05, 0.1) is 17.2 Å². The van der Waals surface area contributed by atoms with Gasteiger partial charge in [0.25, 0.3) is 5.69 Å². The van der Waals surface area contributed by atoms with Gasteiger partial charge in [0, 0.05) is 17.7 Å². The first-order valence-corrected chi connectivity index (χ1v) is 7.30. The smallest absolute Gasteiger partial charge is 0.270 e. The molecular formula is C17H17FN2O4. The molecule has 0 aliphatic rings. The fourth-order valence-electron chi connectivity index (χ4n) is 1.95. The van der Waals surface area contributed by atoms with Crippen LogP contribution in [-0.2, 0) is 11.4 Å². The first kappa shape index (κ1) is 17.4. The Morgan fingerprint density at radius 2 is 2.08 bits per heavy atom. The van der Waals surface area contributed by atoms with Crippen molar-refractivity contribution in [2.24, 2.45) is 5.16 Å². The van der Waals surface area contributed by atoms with Crippen LogP contribution in [0.25, 0.3) is 0 Å². The Kier molecular flexibility index (Phi) is 5.83. The van der Waals surface area contributed by atoms with Gasteiger partial charge in [-0.05, 0) is 37.6 Å². The van der Waals surface area contributed by atoms with E-state index in [0.29, 0.717) is 16.9 Å². The van der Waals surface area contributed by atoms with E-state index in [4.69, 9.17) is 9.57 Å². The van der Waals surface area contributed by atoms with Gasteiger partial charge in [0.2, 0.25) is 0 Å². The van der Waals surface area contributed by atoms with Crippen LogP contribution < -0.4 is 4.74 Å². The number of halogens is 1. The highest BCUT2D eigenvalue weighted by Gasteiger charge is 2.13. The molecule has 0 unspecified atom stereocenters. The quantitative estimate of drug-likeness (QED) is 0.435. The third kappa shape index (κ3) is 5.05. The molecule has 0 bridgehead atoms. The Balaban J connectivity index is 2.09. The summed E-state index contributed by atoms with van der Waals surface area (Å²) in [6.45, 7) is 3.71. The van der Waals surface area contributed by atoms with Crippen molar-refractivity contribution in [2.75, 3.05) is 0 Å². The van der Waals surface area contributed by atoms with Gasteiger partial charge >= 0.3 is 0 Å². The molecule has 0 amide bonds. The van der Waals surface area contributed by atoms with Gasteiger partial charge in [-0.3, -0.25) is 10.1 Å². The summed E-state index contributed by atoms with van der Waals surface area (Å²) in [5.41, 5.74) is 1.00.